The number of allylic oxidation sites excluding steroid dienone is 1. The molecular weight excluding hydrogens is 594 g/mol. The standard InChI is InChI=1S/C29H36BrN5O4S/c1-6-10-15-40-29-33-28-31-18(5)24(27(36)32-21-13-11-12-14-22(21)37-7-2)25(35(28)34-29)19-16-20(30)26(39-9-4)23(17-19)38-8-3/h11-14,16-17,25H,6-10,15H2,1-5H3,(H,32,36)(H,31,33,34). The van der Waals surface area contributed by atoms with Crippen molar-refractivity contribution in [1.29, 1.82) is 0 Å². The summed E-state index contributed by atoms with van der Waals surface area (Å²) < 4.78 is 20.1. The summed E-state index contributed by atoms with van der Waals surface area (Å²) in [5.41, 5.74) is 2.59. The number of amides is 1. The fraction of sp³-hybridized carbons (Fsp3) is 0.414. The second-order valence-corrected chi connectivity index (χ2v) is 10.9. The molecule has 2 aromatic carbocycles. The lowest BCUT2D eigenvalue weighted by Gasteiger charge is -2.29. The summed E-state index contributed by atoms with van der Waals surface area (Å²) in [6.07, 6.45) is 2.16. The average Bonchev–Trinajstić information content (AvgIpc) is 3.33. The Hall–Kier alpha value is -3.18. The van der Waals surface area contributed by atoms with Crippen LogP contribution in [0.1, 0.15) is 59.1 Å². The minimum absolute atomic E-state index is 0.272. The summed E-state index contributed by atoms with van der Waals surface area (Å²) in [4.78, 5) is 18.8. The Bertz CT molecular complexity index is 1380. The van der Waals surface area contributed by atoms with Gasteiger partial charge in [0.05, 0.1) is 35.6 Å². The fourth-order valence-corrected chi connectivity index (χ4v) is 5.92. The first kappa shape index (κ1) is 29.8. The lowest BCUT2D eigenvalue weighted by atomic mass is 9.94. The van der Waals surface area contributed by atoms with E-state index in [-0.39, 0.29) is 5.91 Å². The van der Waals surface area contributed by atoms with E-state index in [0.29, 0.717) is 65.1 Å². The van der Waals surface area contributed by atoms with E-state index in [1.807, 2.05) is 64.1 Å². The molecule has 1 aliphatic rings. The van der Waals surface area contributed by atoms with Crippen LogP contribution in [0.15, 0.2) is 57.3 Å². The Morgan fingerprint density at radius 2 is 1.80 bits per heavy atom. The van der Waals surface area contributed by atoms with Gasteiger partial charge in [0.2, 0.25) is 11.1 Å². The predicted octanol–water partition coefficient (Wildman–Crippen LogP) is 7.06. The zero-order valence-corrected chi connectivity index (χ0v) is 25.9. The number of benzene rings is 2. The largest absolute Gasteiger partial charge is 0.492 e. The number of nitrogens with one attached hydrogen (secondary N) is 2. The van der Waals surface area contributed by atoms with Gasteiger partial charge in [0, 0.05) is 11.4 Å². The predicted molar refractivity (Wildman–Crippen MR) is 163 cm³/mol. The van der Waals surface area contributed by atoms with Crippen molar-refractivity contribution < 1.29 is 19.0 Å². The third kappa shape index (κ3) is 6.58. The van der Waals surface area contributed by atoms with Crippen LogP contribution < -0.4 is 24.8 Å². The number of fused-ring (bicyclic) bond motifs is 1. The van der Waals surface area contributed by atoms with E-state index in [1.165, 1.54) is 0 Å². The van der Waals surface area contributed by atoms with Crippen LogP contribution in [0.2, 0.25) is 0 Å². The van der Waals surface area contributed by atoms with Crippen molar-refractivity contribution in [2.75, 3.05) is 36.2 Å². The van der Waals surface area contributed by atoms with Gasteiger partial charge in [-0.3, -0.25) is 4.79 Å². The summed E-state index contributed by atoms with van der Waals surface area (Å²) >= 11 is 5.28. The highest BCUT2D eigenvalue weighted by molar-refractivity contribution is 9.10. The number of rotatable bonds is 13. The molecule has 1 amide bonds. The van der Waals surface area contributed by atoms with E-state index >= 15 is 0 Å². The summed E-state index contributed by atoms with van der Waals surface area (Å²) in [6.45, 7) is 11.2. The van der Waals surface area contributed by atoms with Crippen LogP contribution in [-0.2, 0) is 4.79 Å². The van der Waals surface area contributed by atoms with Crippen LogP contribution in [-0.4, -0.2) is 46.2 Å². The molecule has 0 spiro atoms. The topological polar surface area (TPSA) is 99.5 Å². The molecule has 2 N–H and O–H groups in total. The van der Waals surface area contributed by atoms with Gasteiger partial charge in [-0.05, 0) is 79.9 Å². The molecule has 0 saturated carbocycles. The van der Waals surface area contributed by atoms with Gasteiger partial charge in [-0.2, -0.15) is 4.98 Å². The fourth-order valence-electron chi connectivity index (χ4n) is 4.44. The quantitative estimate of drug-likeness (QED) is 0.153. The molecule has 1 aliphatic heterocycles. The van der Waals surface area contributed by atoms with E-state index in [1.54, 1.807) is 16.4 Å². The van der Waals surface area contributed by atoms with Crippen LogP contribution in [0.3, 0.4) is 0 Å². The van der Waals surface area contributed by atoms with Gasteiger partial charge in [0.25, 0.3) is 5.91 Å². The minimum Gasteiger partial charge on any atom is -0.492 e. The number of thioether (sulfide) groups is 1. The number of aromatic nitrogens is 3. The maximum Gasteiger partial charge on any atom is 0.255 e. The van der Waals surface area contributed by atoms with Crippen molar-refractivity contribution in [1.82, 2.24) is 14.8 Å². The van der Waals surface area contributed by atoms with Gasteiger partial charge in [-0.25, -0.2) is 4.68 Å². The summed E-state index contributed by atoms with van der Waals surface area (Å²) in [7, 11) is 0. The van der Waals surface area contributed by atoms with Crippen molar-refractivity contribution in [3.8, 4) is 17.2 Å². The molecule has 40 heavy (non-hydrogen) atoms. The van der Waals surface area contributed by atoms with Gasteiger partial charge in [0.15, 0.2) is 11.5 Å². The molecule has 214 valence electrons. The smallest absolute Gasteiger partial charge is 0.255 e. The van der Waals surface area contributed by atoms with E-state index in [4.69, 9.17) is 24.3 Å². The van der Waals surface area contributed by atoms with E-state index < -0.39 is 6.04 Å². The first-order valence-electron chi connectivity index (χ1n) is 13.6. The molecule has 0 aliphatic carbocycles. The second-order valence-electron chi connectivity index (χ2n) is 9.01. The number of unbranched alkanes of at least 4 members (excludes halogenated alkanes) is 1. The SMILES string of the molecule is CCCCSc1nc2n(n1)C(c1cc(Br)c(OCC)c(OCC)c1)C(C(=O)Nc1ccccc1OCC)=C(C)N2. The monoisotopic (exact) mass is 629 g/mol. The number of halogens is 1. The first-order valence-corrected chi connectivity index (χ1v) is 15.4. The van der Waals surface area contributed by atoms with Crippen molar-refractivity contribution >= 4 is 45.2 Å². The van der Waals surface area contributed by atoms with Gasteiger partial charge >= 0.3 is 0 Å². The van der Waals surface area contributed by atoms with E-state index in [0.717, 1.165) is 28.6 Å². The number of hydrogen-bond donors (Lipinski definition) is 2. The molecule has 0 radical (unpaired) electrons. The molecule has 11 heteroatoms. The number of anilines is 2. The number of ether oxygens (including phenoxy) is 3. The Kier molecular flexibility index (Phi) is 10.4. The molecule has 4 rings (SSSR count). The number of carbonyl (C=O) groups excluding carboxylic acids is 1. The first-order chi connectivity index (χ1) is 19.4. The van der Waals surface area contributed by atoms with E-state index in [2.05, 4.69) is 33.5 Å². The highest BCUT2D eigenvalue weighted by Crippen LogP contribution is 2.43. The molecule has 0 saturated heterocycles. The van der Waals surface area contributed by atoms with Crippen LogP contribution in [0, 0.1) is 0 Å². The van der Waals surface area contributed by atoms with E-state index in [9.17, 15) is 4.79 Å². The average molecular weight is 631 g/mol. The van der Waals surface area contributed by atoms with Crippen molar-refractivity contribution in [3.63, 3.8) is 0 Å². The third-order valence-corrected chi connectivity index (χ3v) is 7.69. The highest BCUT2D eigenvalue weighted by Gasteiger charge is 2.35. The molecule has 1 atom stereocenters. The Balaban J connectivity index is 1.82. The maximum absolute atomic E-state index is 14.0. The summed E-state index contributed by atoms with van der Waals surface area (Å²) in [5, 5.41) is 11.9. The Morgan fingerprint density at radius 1 is 1.07 bits per heavy atom. The van der Waals surface area contributed by atoms with Gasteiger partial charge in [-0.15, -0.1) is 5.10 Å². The lowest BCUT2D eigenvalue weighted by Crippen LogP contribution is -2.31. The van der Waals surface area contributed by atoms with Gasteiger partial charge in [0.1, 0.15) is 11.8 Å². The summed E-state index contributed by atoms with van der Waals surface area (Å²) in [5.74, 6) is 3.04. The van der Waals surface area contributed by atoms with Crippen LogP contribution in [0.5, 0.6) is 17.2 Å². The van der Waals surface area contributed by atoms with Crippen LogP contribution in [0.4, 0.5) is 11.6 Å². The normalized spacial score (nSPS) is 14.4. The lowest BCUT2D eigenvalue weighted by molar-refractivity contribution is -0.113. The number of para-hydroxylation sites is 2. The van der Waals surface area contributed by atoms with Gasteiger partial charge in [-0.1, -0.05) is 37.2 Å². The third-order valence-electron chi connectivity index (χ3n) is 6.18. The highest BCUT2D eigenvalue weighted by atomic mass is 79.9. The molecule has 1 aromatic heterocycles. The number of nitrogens with zero attached hydrogens (tertiary/aromatic N) is 3. The minimum atomic E-state index is -0.574. The zero-order chi connectivity index (χ0) is 28.6. The summed E-state index contributed by atoms with van der Waals surface area (Å²) in [6, 6.07) is 10.7. The zero-order valence-electron chi connectivity index (χ0n) is 23.5. The Morgan fingerprint density at radius 3 is 2.52 bits per heavy atom. The molecule has 3 aromatic rings. The van der Waals surface area contributed by atoms with Crippen LogP contribution >= 0.6 is 27.7 Å². The van der Waals surface area contributed by atoms with Crippen molar-refractivity contribution in [2.24, 2.45) is 0 Å². The molecular formula is C29H36BrN5O4S. The van der Waals surface area contributed by atoms with Crippen molar-refractivity contribution in [3.05, 3.63) is 57.7 Å². The molecule has 0 fully saturated rings. The molecule has 1 unspecified atom stereocenters. The van der Waals surface area contributed by atoms with Crippen LogP contribution in [0.25, 0.3) is 0 Å². The maximum atomic E-state index is 14.0. The molecule has 9 nitrogen and oxygen atoms in total. The van der Waals surface area contributed by atoms with Crippen molar-refractivity contribution in [2.45, 2.75) is 58.7 Å². The second kappa shape index (κ2) is 13.9. The molecule has 0 bridgehead atoms. The van der Waals surface area contributed by atoms with Gasteiger partial charge < -0.3 is 24.8 Å². The molecule has 2 heterocycles. The number of carbonyl (C=O) groups is 1. The Labute approximate surface area is 248 Å². The number of hydrogen-bond acceptors (Lipinski definition) is 8.